The van der Waals surface area contributed by atoms with Crippen LogP contribution in [0.3, 0.4) is 0 Å². The van der Waals surface area contributed by atoms with Gasteiger partial charge in [0.2, 0.25) is 5.91 Å². The van der Waals surface area contributed by atoms with Crippen molar-refractivity contribution >= 4 is 50.5 Å². The Morgan fingerprint density at radius 1 is 0.775 bits per heavy atom. The van der Waals surface area contributed by atoms with Gasteiger partial charge in [-0.05, 0) is 77.7 Å². The molecule has 40 heavy (non-hydrogen) atoms. The van der Waals surface area contributed by atoms with E-state index in [1.54, 1.807) is 78.9 Å². The Balaban J connectivity index is 1.49. The highest BCUT2D eigenvalue weighted by molar-refractivity contribution is 7.92. The molecule has 0 bridgehead atoms. The lowest BCUT2D eigenvalue weighted by Gasteiger charge is -2.24. The van der Waals surface area contributed by atoms with E-state index in [0.717, 1.165) is 9.87 Å². The third kappa shape index (κ3) is 7.08. The van der Waals surface area contributed by atoms with Crippen molar-refractivity contribution in [2.45, 2.75) is 31.1 Å². The second kappa shape index (κ2) is 11.9. The molecule has 0 radical (unpaired) electrons. The predicted octanol–water partition coefficient (Wildman–Crippen LogP) is 6.72. The number of halogens is 1. The summed E-state index contributed by atoms with van der Waals surface area (Å²) in [4.78, 5) is 25.9. The lowest BCUT2D eigenvalue weighted by Crippen LogP contribution is -2.38. The summed E-state index contributed by atoms with van der Waals surface area (Å²) in [6.07, 6.45) is 0. The summed E-state index contributed by atoms with van der Waals surface area (Å²) in [6, 6.07) is 28.2. The molecule has 0 atom stereocenters. The molecule has 0 heterocycles. The fraction of sp³-hybridized carbons (Fsp3) is 0.161. The zero-order valence-corrected chi connectivity index (χ0v) is 24.0. The Kier molecular flexibility index (Phi) is 8.61. The molecule has 0 aromatic heterocycles. The summed E-state index contributed by atoms with van der Waals surface area (Å²) >= 11 is 6.00. The van der Waals surface area contributed by atoms with Crippen LogP contribution in [-0.2, 0) is 20.2 Å². The minimum Gasteiger partial charge on any atom is -0.324 e. The van der Waals surface area contributed by atoms with E-state index in [4.69, 9.17) is 11.6 Å². The highest BCUT2D eigenvalue weighted by Crippen LogP contribution is 2.26. The van der Waals surface area contributed by atoms with E-state index in [-0.39, 0.29) is 16.2 Å². The van der Waals surface area contributed by atoms with Gasteiger partial charge in [0.05, 0.1) is 10.6 Å². The average Bonchev–Trinajstić information content (AvgIpc) is 2.92. The van der Waals surface area contributed by atoms with Crippen molar-refractivity contribution in [3.05, 3.63) is 119 Å². The summed E-state index contributed by atoms with van der Waals surface area (Å²) < 4.78 is 27.9. The molecule has 9 heteroatoms. The number of anilines is 3. The number of carbonyl (C=O) groups is 2. The number of nitrogens with zero attached hydrogens (tertiary/aromatic N) is 1. The van der Waals surface area contributed by atoms with Gasteiger partial charge in [0.15, 0.2) is 0 Å². The van der Waals surface area contributed by atoms with Crippen LogP contribution in [0.4, 0.5) is 17.1 Å². The first-order valence-electron chi connectivity index (χ1n) is 12.6. The predicted molar refractivity (Wildman–Crippen MR) is 161 cm³/mol. The number of hydrogen-bond donors (Lipinski definition) is 2. The topological polar surface area (TPSA) is 95.6 Å². The normalized spacial score (nSPS) is 11.5. The molecule has 4 aromatic rings. The van der Waals surface area contributed by atoms with Crippen molar-refractivity contribution in [3.63, 3.8) is 0 Å². The van der Waals surface area contributed by atoms with E-state index in [0.29, 0.717) is 27.6 Å². The van der Waals surface area contributed by atoms with Crippen LogP contribution >= 0.6 is 11.6 Å². The zero-order chi connectivity index (χ0) is 28.9. The van der Waals surface area contributed by atoms with Crippen LogP contribution in [0.5, 0.6) is 0 Å². The number of carbonyl (C=O) groups excluding carboxylic acids is 2. The molecular weight excluding hydrogens is 546 g/mol. The van der Waals surface area contributed by atoms with Gasteiger partial charge in [0.1, 0.15) is 6.54 Å². The summed E-state index contributed by atoms with van der Waals surface area (Å²) in [7, 11) is -4.05. The smallest absolute Gasteiger partial charge is 0.264 e. The van der Waals surface area contributed by atoms with Crippen molar-refractivity contribution in [2.75, 3.05) is 21.5 Å². The van der Waals surface area contributed by atoms with Gasteiger partial charge in [-0.2, -0.15) is 0 Å². The lowest BCUT2D eigenvalue weighted by molar-refractivity contribution is -0.114. The van der Waals surface area contributed by atoms with Crippen LogP contribution in [0.2, 0.25) is 5.02 Å². The first-order chi connectivity index (χ1) is 18.9. The number of benzene rings is 4. The number of amides is 2. The second-order valence-electron chi connectivity index (χ2n) is 10.2. The van der Waals surface area contributed by atoms with Crippen molar-refractivity contribution in [1.82, 2.24) is 0 Å². The highest BCUT2D eigenvalue weighted by atomic mass is 35.5. The van der Waals surface area contributed by atoms with E-state index >= 15 is 0 Å². The molecule has 0 spiro atoms. The Bertz CT molecular complexity index is 1600. The van der Waals surface area contributed by atoms with Gasteiger partial charge in [-0.3, -0.25) is 13.9 Å². The van der Waals surface area contributed by atoms with Crippen LogP contribution in [0.1, 0.15) is 36.7 Å². The van der Waals surface area contributed by atoms with E-state index in [1.807, 2.05) is 12.1 Å². The molecule has 2 N–H and O–H groups in total. The van der Waals surface area contributed by atoms with Crippen molar-refractivity contribution < 1.29 is 18.0 Å². The third-order valence-corrected chi connectivity index (χ3v) is 8.19. The maximum Gasteiger partial charge on any atom is 0.264 e. The minimum absolute atomic E-state index is 0.0227. The number of rotatable bonds is 8. The van der Waals surface area contributed by atoms with Gasteiger partial charge in [-0.1, -0.05) is 68.8 Å². The van der Waals surface area contributed by atoms with Crippen LogP contribution in [-0.4, -0.2) is 26.8 Å². The molecule has 0 aliphatic rings. The van der Waals surface area contributed by atoms with Crippen LogP contribution in [0.15, 0.2) is 108 Å². The number of nitrogens with one attached hydrogen (secondary N) is 2. The summed E-state index contributed by atoms with van der Waals surface area (Å²) in [5.74, 6) is -0.845. The molecule has 206 valence electrons. The molecule has 7 nitrogen and oxygen atoms in total. The van der Waals surface area contributed by atoms with Gasteiger partial charge in [-0.15, -0.1) is 0 Å². The molecule has 0 aliphatic carbocycles. The Morgan fingerprint density at radius 2 is 1.38 bits per heavy atom. The fourth-order valence-electron chi connectivity index (χ4n) is 3.97. The van der Waals surface area contributed by atoms with Crippen LogP contribution in [0, 0.1) is 0 Å². The molecule has 0 saturated heterocycles. The van der Waals surface area contributed by atoms with Crippen LogP contribution < -0.4 is 14.9 Å². The first kappa shape index (κ1) is 28.9. The maximum atomic E-state index is 13.5. The van der Waals surface area contributed by atoms with Crippen molar-refractivity contribution in [1.29, 1.82) is 0 Å². The monoisotopic (exact) mass is 575 g/mol. The average molecular weight is 576 g/mol. The van der Waals surface area contributed by atoms with Crippen LogP contribution in [0.25, 0.3) is 0 Å². The molecule has 4 aromatic carbocycles. The van der Waals surface area contributed by atoms with Gasteiger partial charge in [0.25, 0.3) is 15.9 Å². The molecule has 0 unspecified atom stereocenters. The Morgan fingerprint density at radius 3 is 1.98 bits per heavy atom. The minimum atomic E-state index is -4.05. The summed E-state index contributed by atoms with van der Waals surface area (Å²) in [6.45, 7) is 5.84. The zero-order valence-electron chi connectivity index (χ0n) is 22.4. The second-order valence-corrected chi connectivity index (χ2v) is 12.5. The standard InChI is InChI=1S/C31H30ClN3O4S/c1-31(2,3)23-14-12-22(13-15-23)30(37)34-26-9-7-8-25(20-26)33-29(36)21-35(27-18-16-24(32)17-19-27)40(38,39)28-10-5-4-6-11-28/h4-20H,21H2,1-3H3,(H,33,36)(H,34,37). The quantitative estimate of drug-likeness (QED) is 0.244. The van der Waals surface area contributed by atoms with E-state index in [9.17, 15) is 18.0 Å². The first-order valence-corrected chi connectivity index (χ1v) is 14.4. The van der Waals surface area contributed by atoms with Gasteiger partial charge < -0.3 is 10.6 Å². The Hall–Kier alpha value is -4.14. The van der Waals surface area contributed by atoms with Crippen molar-refractivity contribution in [2.24, 2.45) is 0 Å². The van der Waals surface area contributed by atoms with E-state index in [1.165, 1.54) is 12.1 Å². The molecule has 4 rings (SSSR count). The summed E-state index contributed by atoms with van der Waals surface area (Å²) in [5.41, 5.74) is 2.78. The maximum absolute atomic E-state index is 13.5. The fourth-order valence-corrected chi connectivity index (χ4v) is 5.54. The number of sulfonamides is 1. The molecule has 0 fully saturated rings. The highest BCUT2D eigenvalue weighted by Gasteiger charge is 2.27. The van der Waals surface area contributed by atoms with Crippen molar-refractivity contribution in [3.8, 4) is 0 Å². The number of hydrogen-bond acceptors (Lipinski definition) is 4. The molecule has 0 saturated carbocycles. The molecular formula is C31H30ClN3O4S. The van der Waals surface area contributed by atoms with Gasteiger partial charge in [0, 0.05) is 22.0 Å². The van der Waals surface area contributed by atoms with Gasteiger partial charge in [-0.25, -0.2) is 8.42 Å². The summed E-state index contributed by atoms with van der Waals surface area (Å²) in [5, 5.41) is 6.01. The third-order valence-electron chi connectivity index (χ3n) is 6.15. The Labute approximate surface area is 239 Å². The SMILES string of the molecule is CC(C)(C)c1ccc(C(=O)Nc2cccc(NC(=O)CN(c3ccc(Cl)cc3)S(=O)(=O)c3ccccc3)c2)cc1. The largest absolute Gasteiger partial charge is 0.324 e. The molecule has 2 amide bonds. The van der Waals surface area contributed by atoms with E-state index < -0.39 is 22.5 Å². The molecule has 0 aliphatic heterocycles. The van der Waals surface area contributed by atoms with E-state index in [2.05, 4.69) is 31.4 Å². The van der Waals surface area contributed by atoms with Gasteiger partial charge >= 0.3 is 0 Å². The lowest BCUT2D eigenvalue weighted by atomic mass is 9.87.